The number of carboxylic acid groups (broad SMARTS) is 1. The van der Waals surface area contributed by atoms with Crippen LogP contribution in [0.5, 0.6) is 0 Å². The topological polar surface area (TPSA) is 87.7 Å². The van der Waals surface area contributed by atoms with E-state index in [1.165, 1.54) is 6.07 Å². The molecule has 0 aromatic heterocycles. The van der Waals surface area contributed by atoms with Gasteiger partial charge in [0.15, 0.2) is 0 Å². The van der Waals surface area contributed by atoms with E-state index in [0.717, 1.165) is 5.56 Å². The zero-order valence-electron chi connectivity index (χ0n) is 11.5. The quantitative estimate of drug-likeness (QED) is 0.760. The molecule has 1 aromatic rings. The highest BCUT2D eigenvalue weighted by Crippen LogP contribution is 2.20. The predicted octanol–water partition coefficient (Wildman–Crippen LogP) is 0.866. The number of rotatable bonds is 4. The summed E-state index contributed by atoms with van der Waals surface area (Å²) in [6.07, 6.45) is 0. The molecule has 2 rings (SSSR count). The second-order valence-electron chi connectivity index (χ2n) is 4.86. The first kappa shape index (κ1) is 14.5. The van der Waals surface area contributed by atoms with Crippen LogP contribution >= 0.6 is 0 Å². The number of anilines is 1. The Morgan fingerprint density at radius 3 is 2.70 bits per heavy atom. The van der Waals surface area contributed by atoms with Crippen LogP contribution in [0.1, 0.15) is 15.9 Å². The summed E-state index contributed by atoms with van der Waals surface area (Å²) in [5, 5.41) is 14.8. The van der Waals surface area contributed by atoms with Crippen molar-refractivity contribution < 1.29 is 19.4 Å². The maximum absolute atomic E-state index is 12.2. The molecular formula is C14H18N2O4. The third kappa shape index (κ3) is 2.97. The molecule has 20 heavy (non-hydrogen) atoms. The maximum atomic E-state index is 12.2. The van der Waals surface area contributed by atoms with E-state index < -0.39 is 5.97 Å². The number of likely N-dealkylation sites (N-methyl/N-ethyl adjacent to an activating group) is 1. The van der Waals surface area contributed by atoms with E-state index in [9.17, 15) is 9.59 Å². The molecule has 1 aromatic carbocycles. The average Bonchev–Trinajstić information content (AvgIpc) is 2.89. The Balaban J connectivity index is 2.10. The van der Waals surface area contributed by atoms with Crippen molar-refractivity contribution in [2.45, 2.75) is 13.0 Å². The lowest BCUT2D eigenvalue weighted by Crippen LogP contribution is -2.39. The number of carbonyl (C=O) groups excluding carboxylic acids is 1. The van der Waals surface area contributed by atoms with Gasteiger partial charge in [0.2, 0.25) is 5.91 Å². The van der Waals surface area contributed by atoms with Crippen molar-refractivity contribution in [3.8, 4) is 0 Å². The number of amides is 1. The molecule has 0 radical (unpaired) electrons. The molecule has 6 heteroatoms. The molecule has 1 amide bonds. The predicted molar refractivity (Wildman–Crippen MR) is 73.9 cm³/mol. The van der Waals surface area contributed by atoms with Crippen molar-refractivity contribution in [1.82, 2.24) is 5.32 Å². The second-order valence-corrected chi connectivity index (χ2v) is 4.86. The van der Waals surface area contributed by atoms with E-state index in [0.29, 0.717) is 18.9 Å². The Hall–Kier alpha value is -1.92. The van der Waals surface area contributed by atoms with Gasteiger partial charge in [-0.2, -0.15) is 0 Å². The minimum absolute atomic E-state index is 0.00796. The number of ether oxygens (including phenoxy) is 1. The Morgan fingerprint density at radius 1 is 1.35 bits per heavy atom. The van der Waals surface area contributed by atoms with Crippen LogP contribution in [0.15, 0.2) is 18.2 Å². The highest BCUT2D eigenvalue weighted by molar-refractivity contribution is 5.95. The highest BCUT2D eigenvalue weighted by atomic mass is 16.5. The lowest BCUT2D eigenvalue weighted by atomic mass is 10.0. The summed E-state index contributed by atoms with van der Waals surface area (Å²) in [6.45, 7) is 2.68. The summed E-state index contributed by atoms with van der Waals surface area (Å²) >= 11 is 0. The second kappa shape index (κ2) is 6.02. The van der Waals surface area contributed by atoms with Gasteiger partial charge in [0.1, 0.15) is 0 Å². The number of carbonyl (C=O) groups is 2. The van der Waals surface area contributed by atoms with Crippen LogP contribution in [0.2, 0.25) is 0 Å². The van der Waals surface area contributed by atoms with Crippen molar-refractivity contribution in [2.24, 2.45) is 5.92 Å². The Kier molecular flexibility index (Phi) is 4.36. The number of aromatic carboxylic acids is 1. The van der Waals surface area contributed by atoms with Gasteiger partial charge in [-0.3, -0.25) is 4.79 Å². The van der Waals surface area contributed by atoms with Crippen LogP contribution in [0.4, 0.5) is 5.69 Å². The van der Waals surface area contributed by atoms with Gasteiger partial charge in [-0.25, -0.2) is 4.79 Å². The van der Waals surface area contributed by atoms with Gasteiger partial charge >= 0.3 is 5.97 Å². The Bertz CT molecular complexity index is 530. The summed E-state index contributed by atoms with van der Waals surface area (Å²) < 4.78 is 5.30. The lowest BCUT2D eigenvalue weighted by Gasteiger charge is -2.17. The molecule has 1 fully saturated rings. The molecule has 108 valence electrons. The van der Waals surface area contributed by atoms with Crippen molar-refractivity contribution in [3.05, 3.63) is 29.3 Å². The third-order valence-corrected chi connectivity index (χ3v) is 3.52. The van der Waals surface area contributed by atoms with Gasteiger partial charge in [0.05, 0.1) is 24.7 Å². The number of hydrogen-bond donors (Lipinski definition) is 3. The molecule has 6 nitrogen and oxygen atoms in total. The van der Waals surface area contributed by atoms with Gasteiger partial charge in [-0.15, -0.1) is 0 Å². The standard InChI is InChI=1S/C14H18N2O4/c1-8-5-9(14(18)19)3-4-11(8)16-13(17)10-6-20-7-12(10)15-2/h3-5,10,12,15H,6-7H2,1-2H3,(H,16,17)(H,18,19). The van der Waals surface area contributed by atoms with Gasteiger partial charge in [0, 0.05) is 11.7 Å². The normalized spacial score (nSPS) is 21.7. The van der Waals surface area contributed by atoms with Crippen LogP contribution in [-0.2, 0) is 9.53 Å². The molecule has 0 aliphatic carbocycles. The van der Waals surface area contributed by atoms with E-state index in [1.54, 1.807) is 26.1 Å². The molecule has 0 bridgehead atoms. The molecule has 3 N–H and O–H groups in total. The van der Waals surface area contributed by atoms with Crippen molar-refractivity contribution in [3.63, 3.8) is 0 Å². The molecule has 2 atom stereocenters. The van der Waals surface area contributed by atoms with Crippen LogP contribution in [-0.4, -0.2) is 43.3 Å². The molecular weight excluding hydrogens is 260 g/mol. The molecule has 1 saturated heterocycles. The van der Waals surface area contributed by atoms with Gasteiger partial charge in [-0.1, -0.05) is 0 Å². The summed E-state index contributed by atoms with van der Waals surface area (Å²) in [4.78, 5) is 23.1. The minimum Gasteiger partial charge on any atom is -0.478 e. The van der Waals surface area contributed by atoms with Gasteiger partial charge in [0.25, 0.3) is 0 Å². The average molecular weight is 278 g/mol. The van der Waals surface area contributed by atoms with Crippen molar-refractivity contribution >= 4 is 17.6 Å². The lowest BCUT2D eigenvalue weighted by molar-refractivity contribution is -0.120. The molecule has 2 unspecified atom stereocenters. The van der Waals surface area contributed by atoms with Crippen molar-refractivity contribution in [1.29, 1.82) is 0 Å². The van der Waals surface area contributed by atoms with E-state index in [4.69, 9.17) is 9.84 Å². The fourth-order valence-electron chi connectivity index (χ4n) is 2.26. The number of benzene rings is 1. The number of aryl methyl sites for hydroxylation is 1. The SMILES string of the molecule is CNC1COCC1C(=O)Nc1ccc(C(=O)O)cc1C. The number of carboxylic acids is 1. The van der Waals surface area contributed by atoms with Crippen molar-refractivity contribution in [2.75, 3.05) is 25.6 Å². The smallest absolute Gasteiger partial charge is 0.335 e. The van der Waals surface area contributed by atoms with Crippen LogP contribution < -0.4 is 10.6 Å². The van der Waals surface area contributed by atoms with Crippen LogP contribution in [0.3, 0.4) is 0 Å². The first-order chi connectivity index (χ1) is 9.52. The number of nitrogens with one attached hydrogen (secondary N) is 2. The fraction of sp³-hybridized carbons (Fsp3) is 0.429. The first-order valence-corrected chi connectivity index (χ1v) is 6.42. The number of hydrogen-bond acceptors (Lipinski definition) is 4. The van der Waals surface area contributed by atoms with E-state index >= 15 is 0 Å². The third-order valence-electron chi connectivity index (χ3n) is 3.52. The molecule has 1 aliphatic heterocycles. The van der Waals surface area contributed by atoms with Crippen LogP contribution in [0.25, 0.3) is 0 Å². The molecule has 1 heterocycles. The maximum Gasteiger partial charge on any atom is 0.335 e. The molecule has 0 saturated carbocycles. The molecule has 1 aliphatic rings. The summed E-state index contributed by atoms with van der Waals surface area (Å²) in [6, 6.07) is 4.64. The van der Waals surface area contributed by atoms with Gasteiger partial charge < -0.3 is 20.5 Å². The Morgan fingerprint density at radius 2 is 2.10 bits per heavy atom. The summed E-state index contributed by atoms with van der Waals surface area (Å²) in [5.74, 6) is -1.34. The summed E-state index contributed by atoms with van der Waals surface area (Å²) in [7, 11) is 1.80. The highest BCUT2D eigenvalue weighted by Gasteiger charge is 2.33. The van der Waals surface area contributed by atoms with Gasteiger partial charge in [-0.05, 0) is 37.7 Å². The van der Waals surface area contributed by atoms with E-state index in [2.05, 4.69) is 10.6 Å². The molecule has 0 spiro atoms. The van der Waals surface area contributed by atoms with Crippen LogP contribution in [0, 0.1) is 12.8 Å². The van der Waals surface area contributed by atoms with E-state index in [1.807, 2.05) is 0 Å². The minimum atomic E-state index is -0.981. The first-order valence-electron chi connectivity index (χ1n) is 6.42. The Labute approximate surface area is 117 Å². The summed E-state index contributed by atoms with van der Waals surface area (Å²) in [5.41, 5.74) is 1.55. The zero-order chi connectivity index (χ0) is 14.7. The fourth-order valence-corrected chi connectivity index (χ4v) is 2.26. The van der Waals surface area contributed by atoms with E-state index in [-0.39, 0.29) is 23.4 Å². The zero-order valence-corrected chi connectivity index (χ0v) is 11.5. The monoisotopic (exact) mass is 278 g/mol. The largest absolute Gasteiger partial charge is 0.478 e.